The number of alkyl halides is 3. The number of hydrogen-bond donors (Lipinski definition) is 1. The van der Waals surface area contributed by atoms with Crippen LogP contribution in [0.15, 0.2) is 12.1 Å². The molecule has 0 bridgehead atoms. The molecule has 0 unspecified atom stereocenters. The number of halogens is 3. The number of carbonyl (C=O) groups is 2. The largest absolute Gasteiger partial charge is 0.433 e. The Morgan fingerprint density at radius 2 is 1.89 bits per heavy atom. The molecule has 1 aromatic heterocycles. The minimum atomic E-state index is -4.54. The van der Waals surface area contributed by atoms with Crippen molar-refractivity contribution in [2.75, 3.05) is 53.0 Å². The molecule has 1 aromatic rings. The molecule has 156 valence electrons. The molecule has 0 aliphatic carbocycles. The highest BCUT2D eigenvalue weighted by atomic mass is 19.4. The van der Waals surface area contributed by atoms with Gasteiger partial charge < -0.3 is 15.0 Å². The topological polar surface area (TPSA) is 74.8 Å². The van der Waals surface area contributed by atoms with Crippen LogP contribution in [0.4, 0.5) is 13.2 Å². The highest BCUT2D eigenvalue weighted by Crippen LogP contribution is 2.28. The van der Waals surface area contributed by atoms with Crippen molar-refractivity contribution in [3.8, 4) is 0 Å². The van der Waals surface area contributed by atoms with Crippen molar-refractivity contribution in [2.24, 2.45) is 0 Å². The van der Waals surface area contributed by atoms with E-state index in [1.165, 1.54) is 13.0 Å². The van der Waals surface area contributed by atoms with Crippen molar-refractivity contribution in [1.82, 2.24) is 20.1 Å². The van der Waals surface area contributed by atoms with E-state index in [-0.39, 0.29) is 29.6 Å². The lowest BCUT2D eigenvalue weighted by Crippen LogP contribution is -2.51. The Kier molecular flexibility index (Phi) is 7.76. The summed E-state index contributed by atoms with van der Waals surface area (Å²) in [6.07, 6.45) is -3.80. The fourth-order valence-corrected chi connectivity index (χ4v) is 2.93. The van der Waals surface area contributed by atoms with Gasteiger partial charge in [0.2, 0.25) is 5.91 Å². The van der Waals surface area contributed by atoms with Crippen LogP contribution in [0.1, 0.15) is 28.2 Å². The zero-order valence-electron chi connectivity index (χ0n) is 16.0. The van der Waals surface area contributed by atoms with Gasteiger partial charge in [-0.3, -0.25) is 14.5 Å². The van der Waals surface area contributed by atoms with Gasteiger partial charge in [0, 0.05) is 46.4 Å². The second kappa shape index (κ2) is 9.83. The monoisotopic (exact) mass is 402 g/mol. The zero-order valence-corrected chi connectivity index (χ0v) is 16.0. The highest BCUT2D eigenvalue weighted by molar-refractivity contribution is 5.95. The van der Waals surface area contributed by atoms with E-state index >= 15 is 0 Å². The van der Waals surface area contributed by atoms with Gasteiger partial charge in [0.05, 0.1) is 17.8 Å². The Morgan fingerprint density at radius 3 is 2.46 bits per heavy atom. The van der Waals surface area contributed by atoms with E-state index in [0.717, 1.165) is 12.5 Å². The summed E-state index contributed by atoms with van der Waals surface area (Å²) in [5.74, 6) is -0.430. The van der Waals surface area contributed by atoms with Crippen molar-refractivity contribution in [3.05, 3.63) is 29.1 Å². The van der Waals surface area contributed by atoms with Gasteiger partial charge in [-0.2, -0.15) is 13.2 Å². The van der Waals surface area contributed by atoms with Crippen LogP contribution in [0.25, 0.3) is 0 Å². The van der Waals surface area contributed by atoms with Crippen molar-refractivity contribution in [2.45, 2.75) is 19.5 Å². The Labute approximate surface area is 161 Å². The fraction of sp³-hybridized carbons (Fsp3) is 0.611. The van der Waals surface area contributed by atoms with Crippen LogP contribution in [0.2, 0.25) is 0 Å². The molecule has 0 saturated carbocycles. The summed E-state index contributed by atoms with van der Waals surface area (Å²) in [6.45, 7) is 4.61. The average molecular weight is 402 g/mol. The number of rotatable bonds is 7. The lowest BCUT2D eigenvalue weighted by molar-refractivity contribution is -0.141. The number of aromatic nitrogens is 1. The van der Waals surface area contributed by atoms with E-state index in [1.807, 2.05) is 4.90 Å². The number of ether oxygens (including phenoxy) is 1. The van der Waals surface area contributed by atoms with E-state index < -0.39 is 11.9 Å². The van der Waals surface area contributed by atoms with E-state index in [2.05, 4.69) is 10.3 Å². The van der Waals surface area contributed by atoms with E-state index in [0.29, 0.717) is 39.3 Å². The molecule has 0 radical (unpaired) electrons. The number of nitrogens with zero attached hydrogens (tertiary/aromatic N) is 3. The van der Waals surface area contributed by atoms with Gasteiger partial charge in [-0.15, -0.1) is 0 Å². The molecule has 2 amide bonds. The van der Waals surface area contributed by atoms with E-state index in [9.17, 15) is 22.8 Å². The molecule has 0 aromatic carbocycles. The van der Waals surface area contributed by atoms with Gasteiger partial charge >= 0.3 is 6.18 Å². The first-order valence-electron chi connectivity index (χ1n) is 9.04. The highest BCUT2D eigenvalue weighted by Gasteiger charge is 2.33. The van der Waals surface area contributed by atoms with Gasteiger partial charge in [-0.05, 0) is 25.5 Å². The standard InChI is InChI=1S/C18H25F3N4O3/c1-13-14(4-5-15(23-13)18(19,20)21)17(27)25-9-7-24(8-10-25)12-16(26)22-6-3-11-28-2/h4-5H,3,6-12H2,1-2H3,(H,22,26). The fourth-order valence-electron chi connectivity index (χ4n) is 2.93. The molecule has 1 N–H and O–H groups in total. The number of nitrogens with one attached hydrogen (secondary N) is 1. The summed E-state index contributed by atoms with van der Waals surface area (Å²) >= 11 is 0. The van der Waals surface area contributed by atoms with Crippen molar-refractivity contribution >= 4 is 11.8 Å². The molecular formula is C18H25F3N4O3. The first-order chi connectivity index (χ1) is 13.2. The second-order valence-electron chi connectivity index (χ2n) is 6.59. The lowest BCUT2D eigenvalue weighted by atomic mass is 10.1. The quantitative estimate of drug-likeness (QED) is 0.697. The Morgan fingerprint density at radius 1 is 1.21 bits per heavy atom. The smallest absolute Gasteiger partial charge is 0.385 e. The third-order valence-electron chi connectivity index (χ3n) is 4.48. The SMILES string of the molecule is COCCCNC(=O)CN1CCN(C(=O)c2ccc(C(F)(F)F)nc2C)CC1. The van der Waals surface area contributed by atoms with E-state index in [4.69, 9.17) is 4.74 Å². The number of pyridine rings is 1. The summed E-state index contributed by atoms with van der Waals surface area (Å²) in [5, 5.41) is 2.81. The molecule has 1 saturated heterocycles. The molecule has 1 fully saturated rings. The van der Waals surface area contributed by atoms with Crippen LogP contribution in [0.5, 0.6) is 0 Å². The molecular weight excluding hydrogens is 377 g/mol. The molecule has 2 rings (SSSR count). The molecule has 28 heavy (non-hydrogen) atoms. The van der Waals surface area contributed by atoms with Gasteiger partial charge in [-0.1, -0.05) is 0 Å². The molecule has 0 atom stereocenters. The van der Waals surface area contributed by atoms with Gasteiger partial charge in [0.25, 0.3) is 5.91 Å². The van der Waals surface area contributed by atoms with Gasteiger partial charge in [-0.25, -0.2) is 4.98 Å². The molecule has 1 aliphatic heterocycles. The van der Waals surface area contributed by atoms with Crippen LogP contribution in [0.3, 0.4) is 0 Å². The minimum absolute atomic E-state index is 0.0534. The van der Waals surface area contributed by atoms with Crippen molar-refractivity contribution in [3.63, 3.8) is 0 Å². The number of amides is 2. The van der Waals surface area contributed by atoms with Crippen LogP contribution in [-0.2, 0) is 15.7 Å². The van der Waals surface area contributed by atoms with Crippen molar-refractivity contribution < 1.29 is 27.5 Å². The number of carbonyl (C=O) groups excluding carboxylic acids is 2. The third kappa shape index (κ3) is 6.16. The summed E-state index contributed by atoms with van der Waals surface area (Å²) in [6, 6.07) is 2.00. The number of methoxy groups -OCH3 is 1. The summed E-state index contributed by atoms with van der Waals surface area (Å²) in [4.78, 5) is 31.5. The zero-order chi connectivity index (χ0) is 20.7. The van der Waals surface area contributed by atoms with Crippen LogP contribution < -0.4 is 5.32 Å². The van der Waals surface area contributed by atoms with Gasteiger partial charge in [0.15, 0.2) is 0 Å². The second-order valence-corrected chi connectivity index (χ2v) is 6.59. The summed E-state index contributed by atoms with van der Waals surface area (Å²) in [7, 11) is 1.60. The van der Waals surface area contributed by atoms with Gasteiger partial charge in [0.1, 0.15) is 5.69 Å². The van der Waals surface area contributed by atoms with Crippen molar-refractivity contribution in [1.29, 1.82) is 0 Å². The molecule has 1 aliphatic rings. The number of aryl methyl sites for hydroxylation is 1. The first kappa shape index (κ1) is 22.1. The third-order valence-corrected chi connectivity index (χ3v) is 4.48. The maximum Gasteiger partial charge on any atom is 0.433 e. The molecule has 10 heteroatoms. The maximum atomic E-state index is 12.7. The van der Waals surface area contributed by atoms with E-state index in [1.54, 1.807) is 12.0 Å². The lowest BCUT2D eigenvalue weighted by Gasteiger charge is -2.34. The predicted molar refractivity (Wildman–Crippen MR) is 95.8 cm³/mol. The molecule has 7 nitrogen and oxygen atoms in total. The molecule has 2 heterocycles. The van der Waals surface area contributed by atoms with Crippen LogP contribution in [-0.4, -0.2) is 79.6 Å². The average Bonchev–Trinajstić information content (AvgIpc) is 2.64. The normalized spacial score (nSPS) is 15.5. The summed E-state index contributed by atoms with van der Waals surface area (Å²) < 4.78 is 43.1. The Hall–Kier alpha value is -2.20. The van der Waals surface area contributed by atoms with Crippen LogP contribution >= 0.6 is 0 Å². The Balaban J connectivity index is 1.84. The number of piperazine rings is 1. The minimum Gasteiger partial charge on any atom is -0.385 e. The predicted octanol–water partition coefficient (Wildman–Crippen LogP) is 1.32. The number of hydrogen-bond acceptors (Lipinski definition) is 5. The maximum absolute atomic E-state index is 12.7. The Bertz CT molecular complexity index is 689. The molecule has 0 spiro atoms. The first-order valence-corrected chi connectivity index (χ1v) is 9.04. The summed E-state index contributed by atoms with van der Waals surface area (Å²) in [5.41, 5.74) is -0.794. The van der Waals surface area contributed by atoms with Crippen LogP contribution in [0, 0.1) is 6.92 Å².